The predicted octanol–water partition coefficient (Wildman–Crippen LogP) is 3.60. The van der Waals surface area contributed by atoms with Gasteiger partial charge in [-0.3, -0.25) is 4.79 Å². The lowest BCUT2D eigenvalue weighted by Crippen LogP contribution is -2.07. The lowest BCUT2D eigenvalue weighted by molar-refractivity contribution is -0.00847. The minimum atomic E-state index is -0.115. The fourth-order valence-corrected chi connectivity index (χ4v) is 2.24. The molecule has 0 aliphatic carbocycles. The normalized spacial score (nSPS) is 10.8. The summed E-state index contributed by atoms with van der Waals surface area (Å²) < 4.78 is 26.0. The first kappa shape index (κ1) is 20.5. The third-order valence-corrected chi connectivity index (χ3v) is 3.73. The van der Waals surface area contributed by atoms with E-state index >= 15 is 0 Å². The largest absolute Gasteiger partial charge is 0.497 e. The number of rotatable bonds is 11. The zero-order valence-electron chi connectivity index (χ0n) is 15.8. The average Bonchev–Trinajstić information content (AvgIpc) is 2.72. The maximum Gasteiger partial charge on any atom is 0.189 e. The molecule has 0 heterocycles. The Morgan fingerprint density at radius 2 is 1.67 bits per heavy atom. The highest BCUT2D eigenvalue weighted by molar-refractivity contribution is 6.07. The molecule has 27 heavy (non-hydrogen) atoms. The Bertz CT molecular complexity index is 752. The summed E-state index contributed by atoms with van der Waals surface area (Å²) in [5, 5.41) is 0. The van der Waals surface area contributed by atoms with Gasteiger partial charge in [0.2, 0.25) is 0 Å². The van der Waals surface area contributed by atoms with Crippen LogP contribution in [0.15, 0.2) is 48.5 Å². The van der Waals surface area contributed by atoms with E-state index in [9.17, 15) is 4.79 Å². The van der Waals surface area contributed by atoms with E-state index in [1.54, 1.807) is 57.7 Å². The summed E-state index contributed by atoms with van der Waals surface area (Å²) in [6.45, 7) is 1.11. The molecule has 6 nitrogen and oxygen atoms in total. The molecule has 0 aliphatic rings. The molecule has 0 saturated heterocycles. The molecule has 0 amide bonds. The quantitative estimate of drug-likeness (QED) is 0.260. The molecular weight excluding hydrogens is 348 g/mol. The number of hydrogen-bond acceptors (Lipinski definition) is 6. The lowest BCUT2D eigenvalue weighted by Gasteiger charge is -2.08. The van der Waals surface area contributed by atoms with Crippen LogP contribution in [0.1, 0.15) is 15.9 Å². The van der Waals surface area contributed by atoms with Gasteiger partial charge in [0.15, 0.2) is 12.6 Å². The van der Waals surface area contributed by atoms with E-state index in [2.05, 4.69) is 0 Å². The summed E-state index contributed by atoms with van der Waals surface area (Å²) in [6.07, 6.45) is 3.22. The number of carbonyl (C=O) groups is 1. The lowest BCUT2D eigenvalue weighted by atomic mass is 10.1. The van der Waals surface area contributed by atoms with Gasteiger partial charge in [-0.2, -0.15) is 0 Å². The van der Waals surface area contributed by atoms with Crippen LogP contribution in [0.3, 0.4) is 0 Å². The van der Waals surface area contributed by atoms with Gasteiger partial charge in [0.1, 0.15) is 17.2 Å². The first-order chi connectivity index (χ1) is 13.2. The zero-order chi connectivity index (χ0) is 19.5. The molecule has 2 aromatic carbocycles. The highest BCUT2D eigenvalue weighted by Crippen LogP contribution is 2.25. The van der Waals surface area contributed by atoms with Gasteiger partial charge in [-0.15, -0.1) is 0 Å². The molecule has 0 fully saturated rings. The summed E-state index contributed by atoms with van der Waals surface area (Å²) in [4.78, 5) is 12.4. The van der Waals surface area contributed by atoms with Crippen molar-refractivity contribution >= 4 is 11.9 Å². The maximum atomic E-state index is 12.4. The van der Waals surface area contributed by atoms with Gasteiger partial charge in [0.25, 0.3) is 0 Å². The third-order valence-electron chi connectivity index (χ3n) is 3.73. The standard InChI is InChI=1S/C21H24O6/c1-23-12-13-26-15-27-18-8-4-16(5-9-18)20(22)11-7-17-6-10-19(24-2)14-21(17)25-3/h4-11,14H,12-13,15H2,1-3H3. The van der Waals surface area contributed by atoms with Crippen molar-refractivity contribution < 1.29 is 28.5 Å². The van der Waals surface area contributed by atoms with Crippen molar-refractivity contribution in [1.82, 2.24) is 0 Å². The van der Waals surface area contributed by atoms with Gasteiger partial charge in [0, 0.05) is 24.3 Å². The highest BCUT2D eigenvalue weighted by Gasteiger charge is 2.05. The molecule has 0 bridgehead atoms. The molecule has 0 N–H and O–H groups in total. The number of allylic oxidation sites excluding steroid dienone is 1. The van der Waals surface area contributed by atoms with E-state index in [0.717, 1.165) is 5.56 Å². The van der Waals surface area contributed by atoms with Crippen LogP contribution in [-0.4, -0.2) is 47.1 Å². The molecule has 0 saturated carbocycles. The second-order valence-corrected chi connectivity index (χ2v) is 5.49. The van der Waals surface area contributed by atoms with E-state index in [1.807, 2.05) is 12.1 Å². The summed E-state index contributed by atoms with van der Waals surface area (Å²) in [6, 6.07) is 12.3. The fraction of sp³-hybridized carbons (Fsp3) is 0.286. The molecule has 0 radical (unpaired) electrons. The number of ether oxygens (including phenoxy) is 5. The summed E-state index contributed by atoms with van der Waals surface area (Å²) in [7, 11) is 4.78. The van der Waals surface area contributed by atoms with Crippen LogP contribution in [-0.2, 0) is 9.47 Å². The van der Waals surface area contributed by atoms with Crippen LogP contribution in [0.25, 0.3) is 6.08 Å². The molecular formula is C21H24O6. The number of ketones is 1. The topological polar surface area (TPSA) is 63.2 Å². The van der Waals surface area contributed by atoms with Crippen molar-refractivity contribution in [2.75, 3.05) is 41.3 Å². The number of carbonyl (C=O) groups excluding carboxylic acids is 1. The average molecular weight is 372 g/mol. The van der Waals surface area contributed by atoms with Crippen LogP contribution in [0.4, 0.5) is 0 Å². The molecule has 0 aromatic heterocycles. The van der Waals surface area contributed by atoms with Gasteiger partial charge in [-0.1, -0.05) is 0 Å². The maximum absolute atomic E-state index is 12.4. The van der Waals surface area contributed by atoms with Crippen molar-refractivity contribution in [3.8, 4) is 17.2 Å². The minimum Gasteiger partial charge on any atom is -0.497 e. The Hall–Kier alpha value is -2.83. The van der Waals surface area contributed by atoms with Crippen molar-refractivity contribution in [1.29, 1.82) is 0 Å². The summed E-state index contributed by atoms with van der Waals surface area (Å²) in [5.41, 5.74) is 1.35. The summed E-state index contributed by atoms with van der Waals surface area (Å²) in [5.74, 6) is 1.84. The van der Waals surface area contributed by atoms with Crippen molar-refractivity contribution in [2.45, 2.75) is 0 Å². The van der Waals surface area contributed by atoms with Gasteiger partial charge in [0.05, 0.1) is 27.4 Å². The monoisotopic (exact) mass is 372 g/mol. The highest BCUT2D eigenvalue weighted by atomic mass is 16.7. The molecule has 0 unspecified atom stereocenters. The SMILES string of the molecule is COCCOCOc1ccc(C(=O)C=Cc2ccc(OC)cc2OC)cc1. The molecule has 0 atom stereocenters. The Labute approximate surface area is 159 Å². The zero-order valence-corrected chi connectivity index (χ0v) is 15.8. The molecule has 0 aliphatic heterocycles. The van der Waals surface area contributed by atoms with Crippen molar-refractivity contribution in [3.05, 3.63) is 59.7 Å². The van der Waals surface area contributed by atoms with Crippen LogP contribution < -0.4 is 14.2 Å². The first-order valence-corrected chi connectivity index (χ1v) is 8.42. The first-order valence-electron chi connectivity index (χ1n) is 8.42. The van der Waals surface area contributed by atoms with Crippen LogP contribution in [0.2, 0.25) is 0 Å². The third kappa shape index (κ3) is 6.44. The van der Waals surface area contributed by atoms with Gasteiger partial charge in [-0.05, 0) is 48.6 Å². The Balaban J connectivity index is 1.94. The van der Waals surface area contributed by atoms with Gasteiger partial charge < -0.3 is 23.7 Å². The van der Waals surface area contributed by atoms with Crippen LogP contribution in [0, 0.1) is 0 Å². The summed E-state index contributed by atoms with van der Waals surface area (Å²) >= 11 is 0. The van der Waals surface area contributed by atoms with Crippen LogP contribution in [0.5, 0.6) is 17.2 Å². The fourth-order valence-electron chi connectivity index (χ4n) is 2.24. The Morgan fingerprint density at radius 3 is 2.33 bits per heavy atom. The molecule has 6 heteroatoms. The smallest absolute Gasteiger partial charge is 0.189 e. The Morgan fingerprint density at radius 1 is 0.926 bits per heavy atom. The number of benzene rings is 2. The second-order valence-electron chi connectivity index (χ2n) is 5.49. The van der Waals surface area contributed by atoms with E-state index in [4.69, 9.17) is 23.7 Å². The predicted molar refractivity (Wildman–Crippen MR) is 103 cm³/mol. The number of methoxy groups -OCH3 is 3. The van der Waals surface area contributed by atoms with Crippen molar-refractivity contribution in [2.24, 2.45) is 0 Å². The van der Waals surface area contributed by atoms with E-state index in [1.165, 1.54) is 6.08 Å². The molecule has 0 spiro atoms. The van der Waals surface area contributed by atoms with E-state index in [-0.39, 0.29) is 12.6 Å². The van der Waals surface area contributed by atoms with E-state index < -0.39 is 0 Å². The second kappa shape index (κ2) is 11.0. The van der Waals surface area contributed by atoms with Crippen molar-refractivity contribution in [3.63, 3.8) is 0 Å². The van der Waals surface area contributed by atoms with Crippen LogP contribution >= 0.6 is 0 Å². The molecule has 2 rings (SSSR count). The molecule has 144 valence electrons. The van der Waals surface area contributed by atoms with Gasteiger partial charge >= 0.3 is 0 Å². The van der Waals surface area contributed by atoms with E-state index in [0.29, 0.717) is 36.0 Å². The Kier molecular flexibility index (Phi) is 8.35. The molecule has 2 aromatic rings. The van der Waals surface area contributed by atoms with Gasteiger partial charge in [-0.25, -0.2) is 0 Å². The minimum absolute atomic E-state index is 0.115. The number of hydrogen-bond donors (Lipinski definition) is 0.